The first-order valence-corrected chi connectivity index (χ1v) is 11.5. The fourth-order valence-corrected chi connectivity index (χ4v) is 3.48. The summed E-state index contributed by atoms with van der Waals surface area (Å²) in [4.78, 5) is 0. The number of hydrogen-bond acceptors (Lipinski definition) is 0. The van der Waals surface area contributed by atoms with Gasteiger partial charge in [0.2, 0.25) is 0 Å². The normalized spacial score (nSPS) is 14.6. The molecule has 0 heterocycles. The Morgan fingerprint density at radius 2 is 1.08 bits per heavy atom. The van der Waals surface area contributed by atoms with Gasteiger partial charge in [-0.05, 0) is 17.8 Å². The van der Waals surface area contributed by atoms with Crippen molar-refractivity contribution in [3.8, 4) is 0 Å². The van der Waals surface area contributed by atoms with Gasteiger partial charge in [0.15, 0.2) is 0 Å². The lowest BCUT2D eigenvalue weighted by Gasteiger charge is -2.14. The molecule has 0 spiro atoms. The van der Waals surface area contributed by atoms with Crippen molar-refractivity contribution in [1.82, 2.24) is 0 Å². The zero-order valence-electron chi connectivity index (χ0n) is 18.6. The zero-order chi connectivity index (χ0) is 18.6. The number of unbranched alkanes of at least 4 members (excludes halogenated alkanes) is 3. The van der Waals surface area contributed by atoms with E-state index in [1.807, 2.05) is 0 Å². The van der Waals surface area contributed by atoms with Crippen LogP contribution in [0.15, 0.2) is 0 Å². The summed E-state index contributed by atoms with van der Waals surface area (Å²) < 4.78 is 0. The Bertz CT molecular complexity index is 208. The van der Waals surface area contributed by atoms with E-state index in [4.69, 9.17) is 0 Å². The van der Waals surface area contributed by atoms with Gasteiger partial charge in [0.1, 0.15) is 0 Å². The summed E-state index contributed by atoms with van der Waals surface area (Å²) in [6.45, 7) is 16.3. The van der Waals surface area contributed by atoms with Crippen LogP contribution in [0.1, 0.15) is 138 Å². The maximum Gasteiger partial charge on any atom is -0.0417 e. The largest absolute Gasteiger partial charge is 0.0654 e. The lowest BCUT2D eigenvalue weighted by Crippen LogP contribution is -2.00. The average Bonchev–Trinajstić information content (AvgIpc) is 2.58. The van der Waals surface area contributed by atoms with Crippen LogP contribution in [0.2, 0.25) is 0 Å². The van der Waals surface area contributed by atoms with E-state index < -0.39 is 0 Å². The van der Waals surface area contributed by atoms with E-state index in [1.54, 1.807) is 0 Å². The molecule has 0 aromatic heterocycles. The summed E-state index contributed by atoms with van der Waals surface area (Å²) in [6.07, 6.45) is 19.8. The summed E-state index contributed by atoms with van der Waals surface area (Å²) in [7, 11) is 0. The lowest BCUT2D eigenvalue weighted by molar-refractivity contribution is 0.386. The van der Waals surface area contributed by atoms with Gasteiger partial charge in [-0.3, -0.25) is 0 Å². The highest BCUT2D eigenvalue weighted by Crippen LogP contribution is 2.20. The topological polar surface area (TPSA) is 0 Å². The second-order valence-electron chi connectivity index (χ2n) is 8.25. The van der Waals surface area contributed by atoms with Gasteiger partial charge in [0.05, 0.1) is 0 Å². The molecule has 0 N–H and O–H groups in total. The SMILES string of the molecule is CCCC(CC)CCCC(C)CC.CCCCCCC(C)CCC. The Hall–Kier alpha value is 0. The molecule has 0 amide bonds. The molecule has 0 aliphatic rings. The van der Waals surface area contributed by atoms with Crippen LogP contribution >= 0.6 is 0 Å². The Morgan fingerprint density at radius 3 is 1.58 bits per heavy atom. The van der Waals surface area contributed by atoms with E-state index in [0.29, 0.717) is 0 Å². The fraction of sp³-hybridized carbons (Fsp3) is 1.00. The van der Waals surface area contributed by atoms with Crippen molar-refractivity contribution in [1.29, 1.82) is 0 Å². The summed E-state index contributed by atoms with van der Waals surface area (Å²) in [5.74, 6) is 2.92. The lowest BCUT2D eigenvalue weighted by atomic mass is 9.92. The van der Waals surface area contributed by atoms with Gasteiger partial charge in [-0.15, -0.1) is 0 Å². The Balaban J connectivity index is 0. The molecule has 0 fully saturated rings. The molecule has 3 atom stereocenters. The molecule has 3 unspecified atom stereocenters. The van der Waals surface area contributed by atoms with Crippen molar-refractivity contribution in [3.63, 3.8) is 0 Å². The van der Waals surface area contributed by atoms with Crippen molar-refractivity contribution >= 4 is 0 Å². The summed E-state index contributed by atoms with van der Waals surface area (Å²) in [6, 6.07) is 0. The molecule has 0 nitrogen and oxygen atoms in total. The number of hydrogen-bond donors (Lipinski definition) is 0. The van der Waals surface area contributed by atoms with Gasteiger partial charge < -0.3 is 0 Å². The highest BCUT2D eigenvalue weighted by Gasteiger charge is 2.05. The summed E-state index contributed by atoms with van der Waals surface area (Å²) in [5.41, 5.74) is 0. The smallest absolute Gasteiger partial charge is 0.0417 e. The van der Waals surface area contributed by atoms with Crippen molar-refractivity contribution < 1.29 is 0 Å². The first kappa shape index (κ1) is 26.2. The molecule has 0 bridgehead atoms. The summed E-state index contributed by atoms with van der Waals surface area (Å²) in [5, 5.41) is 0. The summed E-state index contributed by atoms with van der Waals surface area (Å²) >= 11 is 0. The maximum absolute atomic E-state index is 2.38. The molecule has 0 aliphatic carbocycles. The monoisotopic (exact) mass is 340 g/mol. The molecule has 0 aliphatic heterocycles. The van der Waals surface area contributed by atoms with Crippen LogP contribution in [0, 0.1) is 17.8 Å². The van der Waals surface area contributed by atoms with Gasteiger partial charge in [0.25, 0.3) is 0 Å². The molecule has 0 aromatic carbocycles. The molecule has 0 saturated carbocycles. The van der Waals surface area contributed by atoms with Gasteiger partial charge in [0, 0.05) is 0 Å². The predicted molar refractivity (Wildman–Crippen MR) is 115 cm³/mol. The first-order chi connectivity index (χ1) is 11.5. The predicted octanol–water partition coefficient (Wildman–Crippen LogP) is 9.42. The molecule has 148 valence electrons. The third-order valence-corrected chi connectivity index (χ3v) is 5.61. The molecule has 0 radical (unpaired) electrons. The van der Waals surface area contributed by atoms with E-state index in [0.717, 1.165) is 17.8 Å². The fourth-order valence-electron chi connectivity index (χ4n) is 3.48. The minimum Gasteiger partial charge on any atom is -0.0654 e. The van der Waals surface area contributed by atoms with E-state index in [-0.39, 0.29) is 0 Å². The number of rotatable bonds is 15. The first-order valence-electron chi connectivity index (χ1n) is 11.5. The third-order valence-electron chi connectivity index (χ3n) is 5.61. The van der Waals surface area contributed by atoms with E-state index in [2.05, 4.69) is 48.5 Å². The van der Waals surface area contributed by atoms with Gasteiger partial charge in [-0.25, -0.2) is 0 Å². The molecule has 0 aromatic rings. The zero-order valence-corrected chi connectivity index (χ0v) is 18.6. The minimum absolute atomic E-state index is 0.944. The maximum atomic E-state index is 2.38. The second-order valence-corrected chi connectivity index (χ2v) is 8.25. The minimum atomic E-state index is 0.944. The van der Waals surface area contributed by atoms with Gasteiger partial charge in [-0.1, -0.05) is 138 Å². The van der Waals surface area contributed by atoms with Crippen LogP contribution in [-0.4, -0.2) is 0 Å². The molecular formula is C24H52. The van der Waals surface area contributed by atoms with Crippen LogP contribution in [0.25, 0.3) is 0 Å². The van der Waals surface area contributed by atoms with Crippen LogP contribution in [0.5, 0.6) is 0 Å². The van der Waals surface area contributed by atoms with E-state index in [9.17, 15) is 0 Å². The molecular weight excluding hydrogens is 288 g/mol. The second kappa shape index (κ2) is 21.0. The van der Waals surface area contributed by atoms with Crippen molar-refractivity contribution in [3.05, 3.63) is 0 Å². The molecule has 24 heavy (non-hydrogen) atoms. The van der Waals surface area contributed by atoms with Crippen LogP contribution < -0.4 is 0 Å². The van der Waals surface area contributed by atoms with Crippen LogP contribution in [-0.2, 0) is 0 Å². The van der Waals surface area contributed by atoms with E-state index >= 15 is 0 Å². The van der Waals surface area contributed by atoms with Crippen molar-refractivity contribution in [2.75, 3.05) is 0 Å². The van der Waals surface area contributed by atoms with E-state index in [1.165, 1.54) is 89.9 Å². The quantitative estimate of drug-likeness (QED) is 0.260. The molecule has 0 saturated heterocycles. The Morgan fingerprint density at radius 1 is 0.458 bits per heavy atom. The molecule has 0 rings (SSSR count). The van der Waals surface area contributed by atoms with Crippen LogP contribution in [0.4, 0.5) is 0 Å². The molecule has 0 heteroatoms. The van der Waals surface area contributed by atoms with Crippen molar-refractivity contribution in [2.24, 2.45) is 17.8 Å². The Kier molecular flexibility index (Phi) is 23.0. The van der Waals surface area contributed by atoms with Crippen LogP contribution in [0.3, 0.4) is 0 Å². The highest BCUT2D eigenvalue weighted by atomic mass is 14.1. The third kappa shape index (κ3) is 20.0. The van der Waals surface area contributed by atoms with Gasteiger partial charge in [-0.2, -0.15) is 0 Å². The standard InChI is InChI=1S/C13H28.C11H24/c1-5-9-13(7-3)11-8-10-12(4)6-2;1-4-6-7-8-10-11(3)9-5-2/h12-13H,5-11H2,1-4H3;11H,4-10H2,1-3H3. The van der Waals surface area contributed by atoms with Crippen molar-refractivity contribution in [2.45, 2.75) is 138 Å². The average molecular weight is 341 g/mol. The highest BCUT2D eigenvalue weighted by molar-refractivity contribution is 4.59. The van der Waals surface area contributed by atoms with Gasteiger partial charge >= 0.3 is 0 Å². The Labute approximate surface area is 156 Å².